The molecule has 2 aromatic rings. The van der Waals surface area contributed by atoms with Gasteiger partial charge in [-0.25, -0.2) is 4.39 Å². The quantitative estimate of drug-likeness (QED) is 0.886. The predicted molar refractivity (Wildman–Crippen MR) is 98.4 cm³/mol. The lowest BCUT2D eigenvalue weighted by Gasteiger charge is -2.13. The number of halogens is 1. The van der Waals surface area contributed by atoms with Gasteiger partial charge in [-0.3, -0.25) is 9.59 Å². The van der Waals surface area contributed by atoms with E-state index in [4.69, 9.17) is 0 Å². The predicted octanol–water partition coefficient (Wildman–Crippen LogP) is 3.41. The average molecular weight is 352 g/mol. The van der Waals surface area contributed by atoms with Crippen LogP contribution in [-0.2, 0) is 4.79 Å². The molecule has 2 heterocycles. The van der Waals surface area contributed by atoms with Gasteiger partial charge in [0.25, 0.3) is 5.56 Å². The van der Waals surface area contributed by atoms with Crippen molar-refractivity contribution < 1.29 is 9.18 Å². The number of nitrogens with one attached hydrogen (secondary N) is 2. The number of rotatable bonds is 4. The molecule has 1 unspecified atom stereocenters. The molecule has 4 rings (SSSR count). The highest BCUT2D eigenvalue weighted by Gasteiger charge is 2.26. The first kappa shape index (κ1) is 16.8. The zero-order valence-corrected chi connectivity index (χ0v) is 14.6. The zero-order valence-electron chi connectivity index (χ0n) is 14.6. The van der Waals surface area contributed by atoms with Gasteiger partial charge in [0.1, 0.15) is 5.82 Å². The summed E-state index contributed by atoms with van der Waals surface area (Å²) in [6.07, 6.45) is 5.30. The maximum atomic E-state index is 13.7. The smallest absolute Gasteiger partial charge is 0.251 e. The molecular formula is C21H21FN2O2. The summed E-state index contributed by atoms with van der Waals surface area (Å²) in [5.74, 6) is 0.140. The topological polar surface area (TPSA) is 62.0 Å². The molecular weight excluding hydrogens is 331 g/mol. The molecule has 1 aliphatic carbocycles. The summed E-state index contributed by atoms with van der Waals surface area (Å²) in [5.41, 5.74) is 3.62. The molecule has 0 radical (unpaired) electrons. The van der Waals surface area contributed by atoms with E-state index in [9.17, 15) is 14.0 Å². The molecule has 1 aliphatic heterocycles. The summed E-state index contributed by atoms with van der Waals surface area (Å²) in [4.78, 5) is 27.0. The van der Waals surface area contributed by atoms with Gasteiger partial charge >= 0.3 is 0 Å². The Balaban J connectivity index is 1.78. The van der Waals surface area contributed by atoms with Crippen LogP contribution >= 0.6 is 0 Å². The Morgan fingerprint density at radius 1 is 1.15 bits per heavy atom. The molecule has 1 saturated heterocycles. The average Bonchev–Trinajstić information content (AvgIpc) is 3.37. The minimum atomic E-state index is -0.264. The molecule has 1 amide bonds. The molecule has 26 heavy (non-hydrogen) atoms. The second-order valence-electron chi connectivity index (χ2n) is 7.19. The maximum absolute atomic E-state index is 13.7. The molecule has 0 spiro atoms. The van der Waals surface area contributed by atoms with E-state index in [2.05, 4.69) is 10.3 Å². The lowest BCUT2D eigenvalue weighted by Crippen LogP contribution is -2.23. The number of carbonyl (C=O) groups is 1. The van der Waals surface area contributed by atoms with Gasteiger partial charge < -0.3 is 10.3 Å². The van der Waals surface area contributed by atoms with E-state index in [-0.39, 0.29) is 23.3 Å². The van der Waals surface area contributed by atoms with Crippen LogP contribution in [0, 0.1) is 12.7 Å². The molecule has 1 saturated carbocycles. The summed E-state index contributed by atoms with van der Waals surface area (Å²) in [6, 6.07) is 8.62. The number of hydrogen-bond donors (Lipinski definition) is 2. The van der Waals surface area contributed by atoms with Crippen molar-refractivity contribution in [2.45, 2.75) is 44.6 Å². The first-order valence-corrected chi connectivity index (χ1v) is 9.02. The normalized spacial score (nSPS) is 20.3. The van der Waals surface area contributed by atoms with Crippen LogP contribution in [0.15, 0.2) is 41.2 Å². The first-order valence-electron chi connectivity index (χ1n) is 9.02. The Morgan fingerprint density at radius 3 is 2.58 bits per heavy atom. The molecule has 1 aromatic heterocycles. The van der Waals surface area contributed by atoms with Gasteiger partial charge in [-0.2, -0.15) is 0 Å². The summed E-state index contributed by atoms with van der Waals surface area (Å²) >= 11 is 0. The number of aryl methyl sites for hydroxylation is 1. The summed E-state index contributed by atoms with van der Waals surface area (Å²) < 4.78 is 13.7. The van der Waals surface area contributed by atoms with Gasteiger partial charge in [-0.15, -0.1) is 0 Å². The molecule has 134 valence electrons. The lowest BCUT2D eigenvalue weighted by atomic mass is 9.97. The third kappa shape index (κ3) is 3.34. The molecule has 2 fully saturated rings. The van der Waals surface area contributed by atoms with E-state index in [0.29, 0.717) is 30.0 Å². The Kier molecular flexibility index (Phi) is 4.23. The number of carbonyl (C=O) groups excluding carboxylic acids is 1. The third-order valence-electron chi connectivity index (χ3n) is 5.11. The van der Waals surface area contributed by atoms with Crippen LogP contribution in [0.2, 0.25) is 0 Å². The molecule has 4 nitrogen and oxygen atoms in total. The van der Waals surface area contributed by atoms with Crippen LogP contribution < -0.4 is 10.9 Å². The molecule has 1 aromatic carbocycles. The van der Waals surface area contributed by atoms with E-state index < -0.39 is 0 Å². The van der Waals surface area contributed by atoms with Crippen LogP contribution in [0.1, 0.15) is 54.0 Å². The van der Waals surface area contributed by atoms with Gasteiger partial charge in [0, 0.05) is 29.3 Å². The fourth-order valence-corrected chi connectivity index (χ4v) is 3.48. The number of pyridine rings is 1. The highest BCUT2D eigenvalue weighted by Crippen LogP contribution is 2.38. The Labute approximate surface area is 151 Å². The molecule has 1 atom stereocenters. The number of hydrogen-bond acceptors (Lipinski definition) is 2. The molecule has 5 heteroatoms. The van der Waals surface area contributed by atoms with Crippen molar-refractivity contribution in [3.8, 4) is 0 Å². The SMILES string of the molecule is Cc1cc(/C(=C\C2CCC(=O)N2)c2ccc(C3CC3)c(=O)[nH]2)ccc1F. The largest absolute Gasteiger partial charge is 0.350 e. The number of aromatic nitrogens is 1. The van der Waals surface area contributed by atoms with Gasteiger partial charge in [-0.05, 0) is 61.4 Å². The van der Waals surface area contributed by atoms with Crippen molar-refractivity contribution in [3.05, 3.63) is 75.0 Å². The Morgan fingerprint density at radius 2 is 1.96 bits per heavy atom. The van der Waals surface area contributed by atoms with Crippen molar-refractivity contribution in [2.75, 3.05) is 0 Å². The Bertz CT molecular complexity index is 957. The third-order valence-corrected chi connectivity index (χ3v) is 5.11. The second kappa shape index (κ2) is 6.56. The highest BCUT2D eigenvalue weighted by molar-refractivity contribution is 5.82. The minimum Gasteiger partial charge on any atom is -0.350 e. The van der Waals surface area contributed by atoms with Crippen molar-refractivity contribution in [1.29, 1.82) is 0 Å². The minimum absolute atomic E-state index is 0.0264. The number of benzene rings is 1. The number of amides is 1. The monoisotopic (exact) mass is 352 g/mol. The van der Waals surface area contributed by atoms with Gasteiger partial charge in [0.15, 0.2) is 0 Å². The fraction of sp³-hybridized carbons (Fsp3) is 0.333. The standard InChI is InChI=1S/C21H21FN2O2/c1-12-10-14(4-7-18(12)22)17(11-15-5-9-20(25)23-15)19-8-6-16(13-2-3-13)21(26)24-19/h4,6-8,10-11,13,15H,2-3,5,9H2,1H3,(H,23,25)(H,24,26)/b17-11+. The van der Waals surface area contributed by atoms with Crippen LogP contribution in [0.5, 0.6) is 0 Å². The second-order valence-corrected chi connectivity index (χ2v) is 7.19. The van der Waals surface area contributed by atoms with Crippen LogP contribution in [-0.4, -0.2) is 16.9 Å². The molecule has 2 N–H and O–H groups in total. The van der Waals surface area contributed by atoms with Crippen molar-refractivity contribution in [2.24, 2.45) is 0 Å². The first-order chi connectivity index (χ1) is 12.5. The fourth-order valence-electron chi connectivity index (χ4n) is 3.48. The highest BCUT2D eigenvalue weighted by atomic mass is 19.1. The van der Waals surface area contributed by atoms with E-state index in [1.807, 2.05) is 18.2 Å². The van der Waals surface area contributed by atoms with Crippen LogP contribution in [0.25, 0.3) is 5.57 Å². The van der Waals surface area contributed by atoms with Gasteiger partial charge in [0.05, 0.1) is 0 Å². The van der Waals surface area contributed by atoms with Crippen molar-refractivity contribution >= 4 is 11.5 Å². The Hall–Kier alpha value is -2.69. The van der Waals surface area contributed by atoms with Crippen LogP contribution in [0.4, 0.5) is 4.39 Å². The number of H-pyrrole nitrogens is 1. The zero-order chi connectivity index (χ0) is 18.3. The van der Waals surface area contributed by atoms with E-state index in [1.54, 1.807) is 19.1 Å². The molecule has 0 bridgehead atoms. The summed E-state index contributed by atoms with van der Waals surface area (Å²) in [7, 11) is 0. The van der Waals surface area contributed by atoms with Gasteiger partial charge in [-0.1, -0.05) is 18.2 Å². The maximum Gasteiger partial charge on any atom is 0.251 e. The van der Waals surface area contributed by atoms with E-state index >= 15 is 0 Å². The van der Waals surface area contributed by atoms with Gasteiger partial charge in [0.2, 0.25) is 5.91 Å². The summed E-state index contributed by atoms with van der Waals surface area (Å²) in [6.45, 7) is 1.72. The molecule has 2 aliphatic rings. The van der Waals surface area contributed by atoms with E-state index in [1.165, 1.54) is 6.07 Å². The number of aromatic amines is 1. The van der Waals surface area contributed by atoms with Crippen molar-refractivity contribution in [1.82, 2.24) is 10.3 Å². The van der Waals surface area contributed by atoms with E-state index in [0.717, 1.165) is 29.5 Å². The van der Waals surface area contributed by atoms with Crippen molar-refractivity contribution in [3.63, 3.8) is 0 Å². The van der Waals surface area contributed by atoms with Crippen LogP contribution in [0.3, 0.4) is 0 Å². The lowest BCUT2D eigenvalue weighted by molar-refractivity contribution is -0.119. The summed E-state index contributed by atoms with van der Waals surface area (Å²) in [5, 5.41) is 2.92.